The van der Waals surface area contributed by atoms with Crippen molar-refractivity contribution in [2.45, 2.75) is 12.5 Å². The molecule has 0 saturated heterocycles. The number of thiazole rings is 1. The molecule has 1 atom stereocenters. The minimum absolute atomic E-state index is 0.451. The molecule has 0 spiro atoms. The molecule has 2 aromatic carbocycles. The second-order valence-corrected chi connectivity index (χ2v) is 6.40. The van der Waals surface area contributed by atoms with Gasteiger partial charge in [0, 0.05) is 6.42 Å². The Morgan fingerprint density at radius 3 is 2.65 bits per heavy atom. The van der Waals surface area contributed by atoms with E-state index in [2.05, 4.69) is 4.98 Å². The third kappa shape index (κ3) is 2.81. The molecule has 0 amide bonds. The van der Waals surface area contributed by atoms with Crippen LogP contribution in [0, 0.1) is 0 Å². The van der Waals surface area contributed by atoms with E-state index in [0.29, 0.717) is 16.5 Å². The average Bonchev–Trinajstić information content (AvgIpc) is 2.83. The molecule has 3 aromatic rings. The highest BCUT2D eigenvalue weighted by Crippen LogP contribution is 2.29. The molecule has 102 valence electrons. The number of hydrogen-bond donors (Lipinski definition) is 1. The average molecular weight is 324 g/mol. The molecule has 1 aromatic heterocycles. The zero-order chi connectivity index (χ0) is 14.1. The molecular formula is C15H11Cl2NOS. The van der Waals surface area contributed by atoms with Gasteiger partial charge in [0.1, 0.15) is 0 Å². The smallest absolute Gasteiger partial charge is 0.0967 e. The van der Waals surface area contributed by atoms with E-state index >= 15 is 0 Å². The van der Waals surface area contributed by atoms with Crippen molar-refractivity contribution in [3.05, 3.63) is 63.1 Å². The molecule has 1 N–H and O–H groups in total. The van der Waals surface area contributed by atoms with Crippen LogP contribution in [0.2, 0.25) is 10.0 Å². The lowest BCUT2D eigenvalue weighted by Crippen LogP contribution is -2.01. The summed E-state index contributed by atoms with van der Waals surface area (Å²) in [5, 5.41) is 12.1. The summed E-state index contributed by atoms with van der Waals surface area (Å²) < 4.78 is 1.13. The van der Waals surface area contributed by atoms with Gasteiger partial charge in [0.15, 0.2) is 0 Å². The molecule has 2 nitrogen and oxygen atoms in total. The third-order valence-corrected chi connectivity index (χ3v) is 4.83. The molecule has 1 heterocycles. The van der Waals surface area contributed by atoms with Gasteiger partial charge < -0.3 is 5.11 Å². The predicted octanol–water partition coefficient (Wildman–Crippen LogP) is 4.88. The first-order chi connectivity index (χ1) is 9.63. The molecule has 5 heteroatoms. The molecule has 0 aliphatic rings. The molecule has 0 radical (unpaired) electrons. The number of halogens is 2. The Hall–Kier alpha value is -1.13. The fourth-order valence-electron chi connectivity index (χ4n) is 2.01. The van der Waals surface area contributed by atoms with E-state index in [9.17, 15) is 5.11 Å². The van der Waals surface area contributed by atoms with Gasteiger partial charge in [0.25, 0.3) is 0 Å². The van der Waals surface area contributed by atoms with Crippen LogP contribution in [0.1, 0.15) is 16.7 Å². The van der Waals surface area contributed by atoms with Gasteiger partial charge in [-0.25, -0.2) is 4.98 Å². The molecule has 0 bridgehead atoms. The summed E-state index contributed by atoms with van der Waals surface area (Å²) in [6, 6.07) is 13.1. The summed E-state index contributed by atoms with van der Waals surface area (Å²) in [5.74, 6) is 0. The molecule has 1 unspecified atom stereocenters. The Morgan fingerprint density at radius 1 is 1.10 bits per heavy atom. The maximum Gasteiger partial charge on any atom is 0.0967 e. The SMILES string of the molecule is OC(Cc1nc2ccccc2s1)c1ccc(Cl)c(Cl)c1. The second kappa shape index (κ2) is 5.70. The largest absolute Gasteiger partial charge is 0.388 e. The Balaban J connectivity index is 1.84. The molecule has 0 aliphatic heterocycles. The van der Waals surface area contributed by atoms with E-state index in [0.717, 1.165) is 20.8 Å². The van der Waals surface area contributed by atoms with E-state index in [1.165, 1.54) is 0 Å². The lowest BCUT2D eigenvalue weighted by Gasteiger charge is -2.10. The lowest BCUT2D eigenvalue weighted by atomic mass is 10.1. The zero-order valence-corrected chi connectivity index (χ0v) is 12.7. The van der Waals surface area contributed by atoms with Gasteiger partial charge in [0.05, 0.1) is 31.4 Å². The van der Waals surface area contributed by atoms with Crippen molar-refractivity contribution < 1.29 is 5.11 Å². The van der Waals surface area contributed by atoms with Crippen LogP contribution in [0.3, 0.4) is 0 Å². The minimum Gasteiger partial charge on any atom is -0.388 e. The van der Waals surface area contributed by atoms with Crippen molar-refractivity contribution in [3.8, 4) is 0 Å². The lowest BCUT2D eigenvalue weighted by molar-refractivity contribution is 0.178. The Kier molecular flexibility index (Phi) is 3.94. The van der Waals surface area contributed by atoms with Gasteiger partial charge >= 0.3 is 0 Å². The first-order valence-electron chi connectivity index (χ1n) is 6.11. The Morgan fingerprint density at radius 2 is 1.90 bits per heavy atom. The summed E-state index contributed by atoms with van der Waals surface area (Å²) in [6.07, 6.45) is -0.164. The van der Waals surface area contributed by atoms with E-state index in [1.807, 2.05) is 24.3 Å². The number of aliphatic hydroxyl groups is 1. The van der Waals surface area contributed by atoms with Crippen LogP contribution in [0.4, 0.5) is 0 Å². The zero-order valence-electron chi connectivity index (χ0n) is 10.4. The molecule has 3 rings (SSSR count). The normalized spacial score (nSPS) is 12.8. The maximum absolute atomic E-state index is 10.3. The van der Waals surface area contributed by atoms with Crippen molar-refractivity contribution in [3.63, 3.8) is 0 Å². The number of fused-ring (bicyclic) bond motifs is 1. The molecule has 20 heavy (non-hydrogen) atoms. The van der Waals surface area contributed by atoms with Crippen LogP contribution in [0.5, 0.6) is 0 Å². The van der Waals surface area contributed by atoms with Gasteiger partial charge in [-0.05, 0) is 29.8 Å². The standard InChI is InChI=1S/C15H11Cl2NOS/c16-10-6-5-9(7-11(10)17)13(19)8-15-18-12-3-1-2-4-14(12)20-15/h1-7,13,19H,8H2. The summed E-state index contributed by atoms with van der Waals surface area (Å²) in [5.41, 5.74) is 1.72. The topological polar surface area (TPSA) is 33.1 Å². The van der Waals surface area contributed by atoms with Gasteiger partial charge in [-0.15, -0.1) is 11.3 Å². The van der Waals surface area contributed by atoms with Crippen LogP contribution in [-0.4, -0.2) is 10.1 Å². The Labute approximate surface area is 130 Å². The highest BCUT2D eigenvalue weighted by Gasteiger charge is 2.13. The third-order valence-electron chi connectivity index (χ3n) is 3.03. The van der Waals surface area contributed by atoms with E-state index in [1.54, 1.807) is 29.5 Å². The summed E-state index contributed by atoms with van der Waals surface area (Å²) in [6.45, 7) is 0. The van der Waals surface area contributed by atoms with Crippen LogP contribution < -0.4 is 0 Å². The summed E-state index contributed by atoms with van der Waals surface area (Å²) in [7, 11) is 0. The minimum atomic E-state index is -0.634. The van der Waals surface area contributed by atoms with Crippen LogP contribution >= 0.6 is 34.5 Å². The quantitative estimate of drug-likeness (QED) is 0.745. The number of benzene rings is 2. The monoisotopic (exact) mass is 323 g/mol. The number of para-hydroxylation sites is 1. The van der Waals surface area contributed by atoms with E-state index < -0.39 is 6.10 Å². The van der Waals surface area contributed by atoms with Gasteiger partial charge in [-0.2, -0.15) is 0 Å². The number of hydrogen-bond acceptors (Lipinski definition) is 3. The summed E-state index contributed by atoms with van der Waals surface area (Å²) >= 11 is 13.4. The van der Waals surface area contributed by atoms with Crippen molar-refractivity contribution >= 4 is 44.8 Å². The van der Waals surface area contributed by atoms with Gasteiger partial charge in [-0.3, -0.25) is 0 Å². The number of rotatable bonds is 3. The highest BCUT2D eigenvalue weighted by atomic mass is 35.5. The Bertz CT molecular complexity index is 723. The first-order valence-corrected chi connectivity index (χ1v) is 7.68. The molecule has 0 saturated carbocycles. The molecular weight excluding hydrogens is 313 g/mol. The fourth-order valence-corrected chi connectivity index (χ4v) is 3.32. The van der Waals surface area contributed by atoms with Crippen molar-refractivity contribution in [1.82, 2.24) is 4.98 Å². The van der Waals surface area contributed by atoms with Crippen LogP contribution in [0.15, 0.2) is 42.5 Å². The van der Waals surface area contributed by atoms with Crippen LogP contribution in [-0.2, 0) is 6.42 Å². The number of aromatic nitrogens is 1. The highest BCUT2D eigenvalue weighted by molar-refractivity contribution is 7.18. The second-order valence-electron chi connectivity index (χ2n) is 4.47. The van der Waals surface area contributed by atoms with E-state index in [4.69, 9.17) is 23.2 Å². The van der Waals surface area contributed by atoms with Gasteiger partial charge in [-0.1, -0.05) is 41.4 Å². The predicted molar refractivity (Wildman–Crippen MR) is 84.7 cm³/mol. The first kappa shape index (κ1) is 13.8. The fraction of sp³-hybridized carbons (Fsp3) is 0.133. The maximum atomic E-state index is 10.3. The number of nitrogens with zero attached hydrogens (tertiary/aromatic N) is 1. The number of aliphatic hydroxyl groups excluding tert-OH is 1. The van der Waals surface area contributed by atoms with Crippen molar-refractivity contribution in [1.29, 1.82) is 0 Å². The van der Waals surface area contributed by atoms with Gasteiger partial charge in [0.2, 0.25) is 0 Å². The van der Waals surface area contributed by atoms with E-state index in [-0.39, 0.29) is 0 Å². The summed E-state index contributed by atoms with van der Waals surface area (Å²) in [4.78, 5) is 4.52. The van der Waals surface area contributed by atoms with Crippen molar-refractivity contribution in [2.24, 2.45) is 0 Å². The molecule has 0 aliphatic carbocycles. The van der Waals surface area contributed by atoms with Crippen LogP contribution in [0.25, 0.3) is 10.2 Å². The molecule has 0 fully saturated rings. The van der Waals surface area contributed by atoms with Crippen molar-refractivity contribution in [2.75, 3.05) is 0 Å².